The lowest BCUT2D eigenvalue weighted by atomic mass is 10.0. The molecule has 1 N–H and O–H groups in total. The third-order valence-corrected chi connectivity index (χ3v) is 5.41. The van der Waals surface area contributed by atoms with Crippen LogP contribution in [0.25, 0.3) is 0 Å². The maximum Gasteiger partial charge on any atom is 0.238 e. The van der Waals surface area contributed by atoms with Gasteiger partial charge < -0.3 is 5.32 Å². The summed E-state index contributed by atoms with van der Waals surface area (Å²) >= 11 is 1.83. The standard InChI is InChI=1S/C18H22N2OS/c1-12-4-5-13(2)16(10-12)19-18(21)11-20-8-6-17-15(14(20)3)7-9-22-17/h4-5,7,9-10,14H,6,8,11H2,1-3H3,(H,19,21)/t14-/m1/s1. The van der Waals surface area contributed by atoms with E-state index in [-0.39, 0.29) is 5.91 Å². The third-order valence-electron chi connectivity index (χ3n) is 4.42. The topological polar surface area (TPSA) is 32.3 Å². The van der Waals surface area contributed by atoms with Crippen LogP contribution in [-0.2, 0) is 11.2 Å². The fourth-order valence-electron chi connectivity index (χ4n) is 3.02. The summed E-state index contributed by atoms with van der Waals surface area (Å²) in [6.07, 6.45) is 1.05. The highest BCUT2D eigenvalue weighted by Crippen LogP contribution is 2.32. The molecule has 2 aromatic rings. The fraction of sp³-hybridized carbons (Fsp3) is 0.389. The van der Waals surface area contributed by atoms with E-state index in [9.17, 15) is 4.79 Å². The number of rotatable bonds is 3. The Morgan fingerprint density at radius 1 is 1.36 bits per heavy atom. The highest BCUT2D eigenvalue weighted by atomic mass is 32.1. The number of nitrogens with one attached hydrogen (secondary N) is 1. The van der Waals surface area contributed by atoms with Crippen LogP contribution in [0.15, 0.2) is 29.6 Å². The van der Waals surface area contributed by atoms with Crippen molar-refractivity contribution in [3.8, 4) is 0 Å². The molecule has 3 rings (SSSR count). The molecule has 1 amide bonds. The number of carbonyl (C=O) groups excluding carboxylic acids is 1. The summed E-state index contributed by atoms with van der Waals surface area (Å²) in [5.41, 5.74) is 4.57. The van der Waals surface area contributed by atoms with Gasteiger partial charge in [0.1, 0.15) is 0 Å². The number of nitrogens with zero attached hydrogens (tertiary/aromatic N) is 1. The molecule has 1 aromatic carbocycles. The Morgan fingerprint density at radius 2 is 2.18 bits per heavy atom. The highest BCUT2D eigenvalue weighted by Gasteiger charge is 2.26. The van der Waals surface area contributed by atoms with Crippen molar-refractivity contribution >= 4 is 22.9 Å². The average molecular weight is 314 g/mol. The summed E-state index contributed by atoms with van der Waals surface area (Å²) < 4.78 is 0. The van der Waals surface area contributed by atoms with E-state index in [1.165, 1.54) is 10.4 Å². The molecular formula is C18H22N2OS. The number of benzene rings is 1. The number of carbonyl (C=O) groups is 1. The Labute approximate surface area is 136 Å². The molecule has 1 aliphatic rings. The third kappa shape index (κ3) is 3.08. The molecule has 1 aromatic heterocycles. The number of amides is 1. The van der Waals surface area contributed by atoms with Crippen LogP contribution in [0.4, 0.5) is 5.69 Å². The predicted molar refractivity (Wildman–Crippen MR) is 92.6 cm³/mol. The van der Waals surface area contributed by atoms with E-state index in [0.717, 1.165) is 29.8 Å². The van der Waals surface area contributed by atoms with Crippen LogP contribution in [0.1, 0.15) is 34.5 Å². The van der Waals surface area contributed by atoms with Crippen molar-refractivity contribution in [3.05, 3.63) is 51.2 Å². The molecule has 116 valence electrons. The monoisotopic (exact) mass is 314 g/mol. The molecular weight excluding hydrogens is 292 g/mol. The molecule has 0 saturated heterocycles. The minimum atomic E-state index is 0.0687. The number of thiophene rings is 1. The van der Waals surface area contributed by atoms with Gasteiger partial charge in [-0.1, -0.05) is 12.1 Å². The zero-order valence-corrected chi connectivity index (χ0v) is 14.2. The van der Waals surface area contributed by atoms with E-state index < -0.39 is 0 Å². The minimum Gasteiger partial charge on any atom is -0.325 e. The average Bonchev–Trinajstić information content (AvgIpc) is 2.95. The molecule has 0 saturated carbocycles. The Morgan fingerprint density at radius 3 is 3.00 bits per heavy atom. The van der Waals surface area contributed by atoms with Crippen LogP contribution in [0.3, 0.4) is 0 Å². The first kappa shape index (κ1) is 15.3. The lowest BCUT2D eigenvalue weighted by molar-refractivity contribution is -0.117. The van der Waals surface area contributed by atoms with Crippen molar-refractivity contribution in [2.75, 3.05) is 18.4 Å². The van der Waals surface area contributed by atoms with Crippen LogP contribution < -0.4 is 5.32 Å². The molecule has 0 spiro atoms. The van der Waals surface area contributed by atoms with Gasteiger partial charge in [-0.2, -0.15) is 0 Å². The van der Waals surface area contributed by atoms with Crippen molar-refractivity contribution < 1.29 is 4.79 Å². The zero-order valence-electron chi connectivity index (χ0n) is 13.3. The second kappa shape index (κ2) is 6.23. The van der Waals surface area contributed by atoms with E-state index in [4.69, 9.17) is 0 Å². The second-order valence-electron chi connectivity index (χ2n) is 6.06. The van der Waals surface area contributed by atoms with E-state index in [1.807, 2.05) is 37.3 Å². The number of fused-ring (bicyclic) bond motifs is 1. The molecule has 0 radical (unpaired) electrons. The number of hydrogen-bond donors (Lipinski definition) is 1. The van der Waals surface area contributed by atoms with E-state index >= 15 is 0 Å². The van der Waals surface area contributed by atoms with Crippen LogP contribution in [0.5, 0.6) is 0 Å². The summed E-state index contributed by atoms with van der Waals surface area (Å²) in [4.78, 5) is 16.1. The van der Waals surface area contributed by atoms with Gasteiger partial charge in [0, 0.05) is 23.2 Å². The molecule has 1 atom stereocenters. The number of hydrogen-bond acceptors (Lipinski definition) is 3. The Balaban J connectivity index is 1.66. The van der Waals surface area contributed by atoms with Gasteiger partial charge in [0.05, 0.1) is 6.54 Å². The smallest absolute Gasteiger partial charge is 0.238 e. The maximum absolute atomic E-state index is 12.4. The van der Waals surface area contributed by atoms with Crippen molar-refractivity contribution in [2.24, 2.45) is 0 Å². The predicted octanol–water partition coefficient (Wildman–Crippen LogP) is 3.92. The summed E-state index contributed by atoms with van der Waals surface area (Å²) in [6, 6.07) is 8.66. The van der Waals surface area contributed by atoms with Gasteiger partial charge in [-0.15, -0.1) is 11.3 Å². The summed E-state index contributed by atoms with van der Waals surface area (Å²) in [7, 11) is 0. The first-order valence-corrected chi connectivity index (χ1v) is 8.60. The molecule has 3 nitrogen and oxygen atoms in total. The van der Waals surface area contributed by atoms with Crippen molar-refractivity contribution in [3.63, 3.8) is 0 Å². The van der Waals surface area contributed by atoms with Crippen LogP contribution in [0, 0.1) is 13.8 Å². The van der Waals surface area contributed by atoms with Crippen molar-refractivity contribution in [1.82, 2.24) is 4.90 Å². The molecule has 1 aliphatic heterocycles. The molecule has 2 heterocycles. The summed E-state index contributed by atoms with van der Waals surface area (Å²) in [5, 5.41) is 5.21. The molecule has 0 aliphatic carbocycles. The largest absolute Gasteiger partial charge is 0.325 e. The summed E-state index contributed by atoms with van der Waals surface area (Å²) in [5.74, 6) is 0.0687. The van der Waals surface area contributed by atoms with Gasteiger partial charge >= 0.3 is 0 Å². The van der Waals surface area contributed by atoms with Gasteiger partial charge in [-0.3, -0.25) is 9.69 Å². The first-order chi connectivity index (χ1) is 10.5. The Hall–Kier alpha value is -1.65. The van der Waals surface area contributed by atoms with Crippen molar-refractivity contribution in [2.45, 2.75) is 33.2 Å². The number of anilines is 1. The highest BCUT2D eigenvalue weighted by molar-refractivity contribution is 7.10. The normalized spacial score (nSPS) is 18.0. The van der Waals surface area contributed by atoms with Gasteiger partial charge in [0.25, 0.3) is 0 Å². The SMILES string of the molecule is Cc1ccc(C)c(NC(=O)CN2CCc3sccc3[C@H]2C)c1. The van der Waals surface area contributed by atoms with E-state index in [1.54, 1.807) is 0 Å². The first-order valence-electron chi connectivity index (χ1n) is 7.72. The van der Waals surface area contributed by atoms with Crippen molar-refractivity contribution in [1.29, 1.82) is 0 Å². The lowest BCUT2D eigenvalue weighted by Gasteiger charge is -2.33. The lowest BCUT2D eigenvalue weighted by Crippen LogP contribution is -2.39. The van der Waals surface area contributed by atoms with Gasteiger partial charge in [-0.25, -0.2) is 0 Å². The van der Waals surface area contributed by atoms with Gasteiger partial charge in [0.2, 0.25) is 5.91 Å². The fourth-order valence-corrected chi connectivity index (χ4v) is 3.98. The van der Waals surface area contributed by atoms with Crippen LogP contribution >= 0.6 is 11.3 Å². The van der Waals surface area contributed by atoms with E-state index in [2.05, 4.69) is 34.7 Å². The van der Waals surface area contributed by atoms with Gasteiger partial charge in [0.15, 0.2) is 0 Å². The molecule has 0 bridgehead atoms. The Kier molecular flexibility index (Phi) is 4.32. The molecule has 0 unspecified atom stereocenters. The van der Waals surface area contributed by atoms with Gasteiger partial charge in [-0.05, 0) is 61.4 Å². The zero-order chi connectivity index (χ0) is 15.7. The molecule has 0 fully saturated rings. The maximum atomic E-state index is 12.4. The van der Waals surface area contributed by atoms with Crippen LogP contribution in [-0.4, -0.2) is 23.9 Å². The molecule has 22 heavy (non-hydrogen) atoms. The molecule has 4 heteroatoms. The van der Waals surface area contributed by atoms with E-state index in [0.29, 0.717) is 12.6 Å². The minimum absolute atomic E-state index is 0.0687. The quantitative estimate of drug-likeness (QED) is 0.931. The van der Waals surface area contributed by atoms with Crippen LogP contribution in [0.2, 0.25) is 0 Å². The number of aryl methyl sites for hydroxylation is 2. The summed E-state index contributed by atoms with van der Waals surface area (Å²) in [6.45, 7) is 7.66. The Bertz CT molecular complexity index is 692. The second-order valence-corrected chi connectivity index (χ2v) is 7.06.